The standard InChI is InChI=1S/C25H28N4O4/c1-25(2,3)13-20(28-22-19-11-7-8-12-21(19)33-24(31)29-22)23(30)27-18(14-26)16-32-15-17-9-5-4-6-10-17/h4-12,18,20H,13,15-16H2,1-3H3,(H,27,30)(H,28,29,31)/t18-,20+/m1/s1. The van der Waals surface area contributed by atoms with Crippen LogP contribution in [0.3, 0.4) is 0 Å². The van der Waals surface area contributed by atoms with E-state index in [1.807, 2.05) is 51.1 Å². The van der Waals surface area contributed by atoms with Crippen molar-refractivity contribution in [3.8, 4) is 6.07 Å². The average Bonchev–Trinajstić information content (AvgIpc) is 2.77. The minimum atomic E-state index is -0.823. The molecule has 0 aliphatic carbocycles. The molecule has 1 heterocycles. The van der Waals surface area contributed by atoms with E-state index in [0.29, 0.717) is 24.0 Å². The summed E-state index contributed by atoms with van der Waals surface area (Å²) in [7, 11) is 0. The van der Waals surface area contributed by atoms with Gasteiger partial charge < -0.3 is 19.8 Å². The molecule has 8 heteroatoms. The Morgan fingerprint density at radius 3 is 2.55 bits per heavy atom. The Morgan fingerprint density at radius 1 is 1.15 bits per heavy atom. The minimum Gasteiger partial charge on any atom is -0.408 e. The van der Waals surface area contributed by atoms with Crippen molar-refractivity contribution in [1.82, 2.24) is 10.3 Å². The van der Waals surface area contributed by atoms with Gasteiger partial charge in [0.2, 0.25) is 5.91 Å². The summed E-state index contributed by atoms with van der Waals surface area (Å²) in [6, 6.07) is 17.1. The Labute approximate surface area is 192 Å². The number of ether oxygens (including phenoxy) is 1. The quantitative estimate of drug-likeness (QED) is 0.513. The number of nitrogens with one attached hydrogen (secondary N) is 2. The number of aromatic nitrogens is 1. The van der Waals surface area contributed by atoms with Crippen LogP contribution in [0.15, 0.2) is 63.8 Å². The maximum absolute atomic E-state index is 13.1. The molecule has 3 rings (SSSR count). The molecule has 0 aliphatic heterocycles. The van der Waals surface area contributed by atoms with Crippen LogP contribution in [0.2, 0.25) is 0 Å². The fourth-order valence-electron chi connectivity index (χ4n) is 3.37. The fourth-order valence-corrected chi connectivity index (χ4v) is 3.37. The molecular formula is C25H28N4O4. The zero-order valence-corrected chi connectivity index (χ0v) is 19.0. The summed E-state index contributed by atoms with van der Waals surface area (Å²) >= 11 is 0. The third-order valence-corrected chi connectivity index (χ3v) is 4.85. The molecule has 2 atom stereocenters. The number of amides is 1. The van der Waals surface area contributed by atoms with Crippen LogP contribution in [0.25, 0.3) is 11.0 Å². The molecule has 172 valence electrons. The van der Waals surface area contributed by atoms with E-state index in [9.17, 15) is 14.9 Å². The molecule has 0 radical (unpaired) electrons. The van der Waals surface area contributed by atoms with Crippen LogP contribution in [0, 0.1) is 16.7 Å². The van der Waals surface area contributed by atoms with Crippen LogP contribution in [0.4, 0.5) is 5.82 Å². The summed E-state index contributed by atoms with van der Waals surface area (Å²) in [6.45, 7) is 6.41. The maximum atomic E-state index is 13.1. The fraction of sp³-hybridized carbons (Fsp3) is 0.360. The van der Waals surface area contributed by atoms with E-state index in [2.05, 4.69) is 21.7 Å². The second-order valence-electron chi connectivity index (χ2n) is 8.98. The lowest BCUT2D eigenvalue weighted by molar-refractivity contribution is -0.123. The Morgan fingerprint density at radius 2 is 1.85 bits per heavy atom. The zero-order valence-electron chi connectivity index (χ0n) is 19.0. The van der Waals surface area contributed by atoms with Gasteiger partial charge in [-0.15, -0.1) is 0 Å². The molecular weight excluding hydrogens is 420 g/mol. The number of benzene rings is 2. The molecule has 0 fully saturated rings. The van der Waals surface area contributed by atoms with Crippen molar-refractivity contribution in [3.05, 3.63) is 70.7 Å². The van der Waals surface area contributed by atoms with Gasteiger partial charge in [0.25, 0.3) is 0 Å². The number of carbonyl (C=O) groups excluding carboxylic acids is 1. The highest BCUT2D eigenvalue weighted by Gasteiger charge is 2.28. The van der Waals surface area contributed by atoms with Gasteiger partial charge in [0.1, 0.15) is 23.5 Å². The molecule has 33 heavy (non-hydrogen) atoms. The van der Waals surface area contributed by atoms with Crippen LogP contribution < -0.4 is 16.4 Å². The molecule has 0 saturated carbocycles. The normalized spacial score (nSPS) is 13.2. The van der Waals surface area contributed by atoms with E-state index in [1.54, 1.807) is 24.3 Å². The lowest BCUT2D eigenvalue weighted by Gasteiger charge is -2.27. The van der Waals surface area contributed by atoms with E-state index in [-0.39, 0.29) is 23.7 Å². The van der Waals surface area contributed by atoms with E-state index in [1.165, 1.54) is 0 Å². The highest BCUT2D eigenvalue weighted by atomic mass is 16.5. The summed E-state index contributed by atoms with van der Waals surface area (Å²) in [6.07, 6.45) is 0.443. The van der Waals surface area contributed by atoms with Crippen LogP contribution in [0.5, 0.6) is 0 Å². The van der Waals surface area contributed by atoms with Crippen molar-refractivity contribution in [2.45, 2.75) is 45.9 Å². The summed E-state index contributed by atoms with van der Waals surface area (Å²) in [5.41, 5.74) is 1.14. The second kappa shape index (κ2) is 10.7. The van der Waals surface area contributed by atoms with Crippen molar-refractivity contribution in [1.29, 1.82) is 5.26 Å². The molecule has 2 aromatic carbocycles. The van der Waals surface area contributed by atoms with Crippen molar-refractivity contribution >= 4 is 22.7 Å². The smallest absolute Gasteiger partial charge is 0.408 e. The van der Waals surface area contributed by atoms with E-state index in [4.69, 9.17) is 9.15 Å². The first-order valence-electron chi connectivity index (χ1n) is 10.7. The number of para-hydroxylation sites is 1. The average molecular weight is 449 g/mol. The predicted molar refractivity (Wildman–Crippen MR) is 125 cm³/mol. The largest absolute Gasteiger partial charge is 0.441 e. The topological polar surface area (TPSA) is 117 Å². The van der Waals surface area contributed by atoms with Crippen LogP contribution in [-0.2, 0) is 16.1 Å². The molecule has 0 aliphatic rings. The molecule has 2 N–H and O–H groups in total. The van der Waals surface area contributed by atoms with Gasteiger partial charge in [-0.05, 0) is 29.5 Å². The lowest BCUT2D eigenvalue weighted by Crippen LogP contribution is -2.47. The number of nitriles is 1. The highest BCUT2D eigenvalue weighted by Crippen LogP contribution is 2.25. The van der Waals surface area contributed by atoms with Gasteiger partial charge in [-0.3, -0.25) is 4.79 Å². The lowest BCUT2D eigenvalue weighted by atomic mass is 9.87. The van der Waals surface area contributed by atoms with Crippen molar-refractivity contribution in [2.75, 3.05) is 11.9 Å². The van der Waals surface area contributed by atoms with Gasteiger partial charge in [0, 0.05) is 0 Å². The van der Waals surface area contributed by atoms with Crippen LogP contribution in [-0.4, -0.2) is 29.6 Å². The monoisotopic (exact) mass is 448 g/mol. The van der Waals surface area contributed by atoms with E-state index >= 15 is 0 Å². The Bertz CT molecular complexity index is 1180. The number of fused-ring (bicyclic) bond motifs is 1. The number of hydrogen-bond acceptors (Lipinski definition) is 7. The van der Waals surface area contributed by atoms with Crippen molar-refractivity contribution in [3.63, 3.8) is 0 Å². The van der Waals surface area contributed by atoms with Crippen LogP contribution >= 0.6 is 0 Å². The number of anilines is 1. The Balaban J connectivity index is 1.73. The summed E-state index contributed by atoms with van der Waals surface area (Å²) < 4.78 is 10.8. The Kier molecular flexibility index (Phi) is 7.80. The molecule has 0 spiro atoms. The van der Waals surface area contributed by atoms with Gasteiger partial charge >= 0.3 is 5.76 Å². The Hall–Kier alpha value is -3.70. The SMILES string of the molecule is CC(C)(C)C[C@H](Nc1nc(=O)oc2ccccc12)C(=O)N[C@H](C#N)COCc1ccccc1. The molecule has 0 unspecified atom stereocenters. The number of carbonyl (C=O) groups is 1. The third-order valence-electron chi connectivity index (χ3n) is 4.85. The number of nitrogens with zero attached hydrogens (tertiary/aromatic N) is 2. The first kappa shape index (κ1) is 24.0. The number of rotatable bonds is 9. The summed E-state index contributed by atoms with van der Waals surface area (Å²) in [5, 5.41) is 16.0. The predicted octanol–water partition coefficient (Wildman–Crippen LogP) is 3.63. The van der Waals surface area contributed by atoms with Gasteiger partial charge in [0.05, 0.1) is 24.7 Å². The molecule has 1 amide bonds. The summed E-state index contributed by atoms with van der Waals surface area (Å²) in [4.78, 5) is 29.0. The van der Waals surface area contributed by atoms with Gasteiger partial charge in [0.15, 0.2) is 0 Å². The van der Waals surface area contributed by atoms with Gasteiger partial charge in [-0.25, -0.2) is 4.79 Å². The van der Waals surface area contributed by atoms with Crippen molar-refractivity contribution in [2.24, 2.45) is 5.41 Å². The molecule has 3 aromatic rings. The van der Waals surface area contributed by atoms with Crippen LogP contribution in [0.1, 0.15) is 32.8 Å². The van der Waals surface area contributed by atoms with E-state index < -0.39 is 17.8 Å². The molecule has 0 saturated heterocycles. The molecule has 8 nitrogen and oxygen atoms in total. The maximum Gasteiger partial charge on any atom is 0.441 e. The molecule has 1 aromatic heterocycles. The zero-order chi connectivity index (χ0) is 23.8. The third kappa shape index (κ3) is 7.16. The number of hydrogen-bond donors (Lipinski definition) is 2. The summed E-state index contributed by atoms with van der Waals surface area (Å²) in [5.74, 6) is -0.866. The second-order valence-corrected chi connectivity index (χ2v) is 8.98. The van der Waals surface area contributed by atoms with E-state index in [0.717, 1.165) is 5.56 Å². The van der Waals surface area contributed by atoms with Gasteiger partial charge in [-0.2, -0.15) is 10.2 Å². The highest BCUT2D eigenvalue weighted by molar-refractivity contribution is 5.91. The first-order valence-corrected chi connectivity index (χ1v) is 10.7. The first-order chi connectivity index (χ1) is 15.7. The van der Waals surface area contributed by atoms with Gasteiger partial charge in [-0.1, -0.05) is 63.2 Å². The molecule has 0 bridgehead atoms. The van der Waals surface area contributed by atoms with Crippen molar-refractivity contribution < 1.29 is 13.9 Å². The minimum absolute atomic E-state index is 0.0511.